The molecule has 3 aliphatic carbocycles. The van der Waals surface area contributed by atoms with E-state index < -0.39 is 0 Å². The summed E-state index contributed by atoms with van der Waals surface area (Å²) in [7, 11) is 0. The van der Waals surface area contributed by atoms with E-state index in [1.54, 1.807) is 28.6 Å². The number of imidazole rings is 1. The van der Waals surface area contributed by atoms with Crippen molar-refractivity contribution in [1.82, 2.24) is 20.3 Å². The maximum atomic E-state index is 11.1. The van der Waals surface area contributed by atoms with Crippen LogP contribution in [-0.2, 0) is 51.4 Å². The van der Waals surface area contributed by atoms with Crippen LogP contribution in [0.3, 0.4) is 0 Å². The topological polar surface area (TPSA) is 143 Å². The highest BCUT2D eigenvalue weighted by atomic mass is 32.2. The van der Waals surface area contributed by atoms with E-state index in [0.29, 0.717) is 59.3 Å². The van der Waals surface area contributed by atoms with E-state index in [9.17, 15) is 4.79 Å². The minimum absolute atomic E-state index is 0.301. The molecule has 0 saturated carbocycles. The summed E-state index contributed by atoms with van der Waals surface area (Å²) < 4.78 is 30.5. The number of hydrogen-bond acceptors (Lipinski definition) is 12. The molecular formula is C123H185N5O7S. The number of ketones is 1. The molecule has 5 aliphatic heterocycles. The predicted molar refractivity (Wildman–Crippen MR) is 593 cm³/mol. The first-order valence-electron chi connectivity index (χ1n) is 50.0. The third kappa shape index (κ3) is 70.5. The number of ether oxygens (including phenoxy) is 5. The van der Waals surface area contributed by atoms with Gasteiger partial charge >= 0.3 is 0 Å². The molecule has 0 fully saturated rings. The summed E-state index contributed by atoms with van der Waals surface area (Å²) in [6, 6.07) is 81.3. The van der Waals surface area contributed by atoms with E-state index in [1.807, 2.05) is 151 Å². The second-order valence-electron chi connectivity index (χ2n) is 45.5. The lowest BCUT2D eigenvalue weighted by atomic mass is 9.89. The van der Waals surface area contributed by atoms with Gasteiger partial charge in [-0.1, -0.05) is 418 Å². The minimum Gasteiger partial charge on any atom is -0.493 e. The number of Topliss-reactive ketones (excluding diaryl/α,β-unsaturated/α-hetero) is 1. The van der Waals surface area contributed by atoms with Gasteiger partial charge < -0.3 is 34.0 Å². The number of H-pyrrole nitrogens is 1. The summed E-state index contributed by atoms with van der Waals surface area (Å²) in [6.07, 6.45) is 13.4. The lowest BCUT2D eigenvalue weighted by Crippen LogP contribution is -2.14. The number of hydrogen-bond donors (Lipinski definition) is 2. The van der Waals surface area contributed by atoms with Crippen LogP contribution in [0.2, 0.25) is 0 Å². The molecule has 0 atom stereocenters. The fraction of sp³-hybridized carbons (Fsp3) is 0.496. The largest absolute Gasteiger partial charge is 0.493 e. The van der Waals surface area contributed by atoms with Gasteiger partial charge in [-0.05, 0) is 230 Å². The number of fused-ring (bicyclic) bond motifs is 10. The van der Waals surface area contributed by atoms with Gasteiger partial charge in [-0.2, -0.15) is 0 Å². The molecule has 0 spiro atoms. The van der Waals surface area contributed by atoms with Crippen molar-refractivity contribution in [2.24, 2.45) is 56.7 Å². The summed E-state index contributed by atoms with van der Waals surface area (Å²) in [5.74, 6) is 10.2. The first kappa shape index (κ1) is 124. The summed E-state index contributed by atoms with van der Waals surface area (Å²) in [5.41, 5.74) is 20.3. The quantitative estimate of drug-likeness (QED) is 0.149. The fourth-order valence-electron chi connectivity index (χ4n) is 11.0. The Bertz CT molecular complexity index is 4310. The van der Waals surface area contributed by atoms with Gasteiger partial charge in [0.2, 0.25) is 6.79 Å². The molecule has 20 rings (SSSR count). The summed E-state index contributed by atoms with van der Waals surface area (Å²) in [5, 5.41) is 10.6. The second-order valence-corrected chi connectivity index (χ2v) is 46.7. The Morgan fingerprint density at radius 1 is 0.294 bits per heavy atom. The van der Waals surface area contributed by atoms with Crippen molar-refractivity contribution in [2.45, 2.75) is 311 Å². The van der Waals surface area contributed by atoms with E-state index in [2.05, 4.69) is 376 Å². The summed E-state index contributed by atoms with van der Waals surface area (Å²) in [4.78, 5) is 19.6. The third-order valence-corrected chi connectivity index (χ3v) is 17.0. The Kier molecular flexibility index (Phi) is 62.7. The first-order chi connectivity index (χ1) is 63.7. The van der Waals surface area contributed by atoms with Crippen LogP contribution in [0.1, 0.15) is 310 Å². The molecule has 136 heavy (non-hydrogen) atoms. The number of carbonyl (C=O) groups is 1. The van der Waals surface area contributed by atoms with E-state index in [1.165, 1.54) is 83.5 Å². The minimum atomic E-state index is 0.301. The van der Waals surface area contributed by atoms with E-state index in [-0.39, 0.29) is 0 Å². The van der Waals surface area contributed by atoms with Crippen molar-refractivity contribution in [1.29, 1.82) is 0 Å². The SMILES string of the molecule is CC(C)(C)C.CC(C)(C)C.CC(C)(C)C.CC(C)(C)C.CC(C)(C)C.CC(C)C.CC(C)C.CC(C)C.CC(C)C.CC(C)C.O=C1CCc2ccccc21.c1ccc2[nH]cnc2c1.c1ccc2c(c1)CC2.c1ccc2c(c1)CCC2.c1ccc2c(c1)CCN2.c1ccc2c(c1)CCO2.c1ccc2c(c1)CCS2.c1ccc2c(c1)OCCO2.c1ccc2c(c1)OCO2.c1ccc2nonc2c1. The van der Waals surface area contributed by atoms with Gasteiger partial charge in [-0.25, -0.2) is 9.61 Å². The Morgan fingerprint density at radius 2 is 0.610 bits per heavy atom. The molecule has 2 aromatic heterocycles. The highest BCUT2D eigenvalue weighted by Gasteiger charge is 2.18. The Balaban J connectivity index is 0.000000722. The monoisotopic (exact) mass is 1880 g/mol. The van der Waals surface area contributed by atoms with Crippen LogP contribution in [0.25, 0.3) is 22.1 Å². The van der Waals surface area contributed by atoms with Gasteiger partial charge in [-0.3, -0.25) is 4.79 Å². The maximum absolute atomic E-state index is 11.1. The zero-order valence-electron chi connectivity index (χ0n) is 91.5. The van der Waals surface area contributed by atoms with Gasteiger partial charge in [0, 0.05) is 41.3 Å². The van der Waals surface area contributed by atoms with Gasteiger partial charge in [0.15, 0.2) is 28.8 Å². The third-order valence-electron chi connectivity index (χ3n) is 15.9. The Hall–Kier alpha value is -10.1. The van der Waals surface area contributed by atoms with Crippen LogP contribution in [0.15, 0.2) is 259 Å². The number of carbonyl (C=O) groups excluding carboxylic acids is 1. The zero-order chi connectivity index (χ0) is 102. The van der Waals surface area contributed by atoms with Gasteiger partial charge in [-0.15, -0.1) is 11.8 Å². The summed E-state index contributed by atoms with van der Waals surface area (Å²) >= 11 is 1.97. The van der Waals surface area contributed by atoms with E-state index in [4.69, 9.17) is 23.7 Å². The van der Waals surface area contributed by atoms with Crippen LogP contribution in [0.4, 0.5) is 5.69 Å². The standard InChI is InChI=1S/C9H8O.C9H10.C8H9N.C8H8O2.C8H8O.C8H8S.C8H8.C7H6N2.C7H6O2.C6H4N2O.5C5H12.5C4H10/c10-9-6-5-7-3-1-2-4-8(7)9;1-2-5-9-7-3-6-8(9)4-1;1-2-4-8-7(3-1)5-6-9-8;1-2-4-8-7(3-1)9-5-6-10-8;2*1-2-4-8-7(3-1)5-6-9-8;1-2-4-8-6-5-7(8)3-1;2*1-2-4-7-6(3-1)8-5-9-7;1-2-4-6-5(3-1)7-9-8-6;5*1-5(2,3)4;5*1-4(2)3/h1-4H,5-6H2;1-2,4-5H,3,6-7H2;1-4,9H,5-6H2;1-4H,5-6H2;2*1-4H,5-6H2;1-4H,5-6H2;1-5H,(H,8,9);1-4H,5H2;1-4H;5*1-4H3;5*4H,1-3H3. The van der Waals surface area contributed by atoms with Gasteiger partial charge in [0.25, 0.3) is 0 Å². The second kappa shape index (κ2) is 68.8. The number of para-hydroxylation sites is 8. The molecule has 0 radical (unpaired) electrons. The van der Waals surface area contributed by atoms with Crippen LogP contribution in [-0.4, -0.2) is 65.0 Å². The normalized spacial score (nSPS) is 12.9. The number of benzene rings is 10. The lowest BCUT2D eigenvalue weighted by molar-refractivity contribution is 0.0994. The molecule has 8 aliphatic rings. The molecule has 13 heteroatoms. The number of rotatable bonds is 0. The number of aromatic nitrogens is 4. The fourth-order valence-corrected chi connectivity index (χ4v) is 12.0. The maximum Gasteiger partial charge on any atom is 0.231 e. The molecule has 0 amide bonds. The average Bonchev–Trinajstić information content (AvgIpc) is 1.15. The molecule has 750 valence electrons. The number of nitrogens with zero attached hydrogens (tertiary/aromatic N) is 3. The van der Waals surface area contributed by atoms with Crippen molar-refractivity contribution in [3.05, 3.63) is 299 Å². The van der Waals surface area contributed by atoms with Gasteiger partial charge in [0.05, 0.1) is 24.0 Å². The zero-order valence-corrected chi connectivity index (χ0v) is 92.3. The van der Waals surface area contributed by atoms with Gasteiger partial charge in [0.1, 0.15) is 30.0 Å². The molecule has 0 bridgehead atoms. The lowest BCUT2D eigenvalue weighted by Gasteiger charge is -2.17. The summed E-state index contributed by atoms with van der Waals surface area (Å²) in [6.45, 7) is 79.9. The van der Waals surface area contributed by atoms with E-state index >= 15 is 0 Å². The molecule has 7 heterocycles. The molecule has 10 aromatic carbocycles. The number of anilines is 1. The smallest absolute Gasteiger partial charge is 0.231 e. The number of nitrogens with one attached hydrogen (secondary N) is 2. The molecule has 12 aromatic rings. The van der Waals surface area contributed by atoms with Crippen LogP contribution >= 0.6 is 11.8 Å². The van der Waals surface area contributed by atoms with Crippen molar-refractivity contribution in [3.63, 3.8) is 0 Å². The van der Waals surface area contributed by atoms with Crippen LogP contribution in [0.5, 0.6) is 28.7 Å². The highest BCUT2D eigenvalue weighted by Crippen LogP contribution is 2.33. The predicted octanol–water partition coefficient (Wildman–Crippen LogP) is 35.6. The number of thioether (sulfide) groups is 1. The molecular weight excluding hydrogens is 1690 g/mol. The molecule has 12 nitrogen and oxygen atoms in total. The highest BCUT2D eigenvalue weighted by molar-refractivity contribution is 7.99. The molecule has 2 N–H and O–H groups in total. The van der Waals surface area contributed by atoms with Crippen molar-refractivity contribution in [2.75, 3.05) is 44.2 Å². The first-order valence-corrected chi connectivity index (χ1v) is 50.9. The van der Waals surface area contributed by atoms with Crippen molar-refractivity contribution in [3.8, 4) is 28.7 Å². The van der Waals surface area contributed by atoms with Crippen molar-refractivity contribution < 1.29 is 33.1 Å². The average molecular weight is 1880 g/mol. The molecule has 0 saturated heterocycles. The van der Waals surface area contributed by atoms with E-state index in [0.717, 1.165) is 112 Å². The molecule has 0 unspecified atom stereocenters. The van der Waals surface area contributed by atoms with Crippen LogP contribution < -0.4 is 29.0 Å². The number of aromatic amines is 1. The van der Waals surface area contributed by atoms with Crippen LogP contribution in [0, 0.1) is 56.7 Å². The Morgan fingerprint density at radius 3 is 0.993 bits per heavy atom. The number of aryl methyl sites for hydroxylation is 6. The Labute approximate surface area is 833 Å². The van der Waals surface area contributed by atoms with Crippen molar-refractivity contribution >= 4 is 45.3 Å².